The monoisotopic (exact) mass is 381 g/mol. The van der Waals surface area contributed by atoms with Crippen molar-refractivity contribution in [3.05, 3.63) is 81.5 Å². The lowest BCUT2D eigenvalue weighted by molar-refractivity contribution is -0.138. The van der Waals surface area contributed by atoms with Gasteiger partial charge in [0.05, 0.1) is 17.8 Å². The number of rotatable bonds is 4. The summed E-state index contributed by atoms with van der Waals surface area (Å²) in [4.78, 5) is 27.3. The highest BCUT2D eigenvalue weighted by atomic mass is 35.5. The number of anilines is 1. The Hall–Kier alpha value is -2.85. The van der Waals surface area contributed by atoms with Gasteiger partial charge >= 0.3 is 5.97 Å². The van der Waals surface area contributed by atoms with E-state index in [0.29, 0.717) is 22.0 Å². The molecule has 1 amide bonds. The molecular formula is C22H20ClNO3. The molecule has 0 saturated heterocycles. The van der Waals surface area contributed by atoms with Crippen LogP contribution in [0.15, 0.2) is 65.4 Å². The third-order valence-electron chi connectivity index (χ3n) is 4.33. The molecule has 27 heavy (non-hydrogen) atoms. The Morgan fingerprint density at radius 2 is 1.85 bits per heavy atom. The standard InChI is InChI=1S/C22H20ClNO3/c1-4-27-22(26)20-15(3)24(18-10-8-14(2)9-11-18)21(25)19(20)13-16-6-5-7-17(23)12-16/h5-13H,4H2,1-3H3/b19-13-. The number of aryl methyl sites for hydroxylation is 1. The van der Waals surface area contributed by atoms with Crippen molar-refractivity contribution >= 4 is 35.2 Å². The summed E-state index contributed by atoms with van der Waals surface area (Å²) in [5, 5.41) is 0.559. The number of ether oxygens (including phenoxy) is 1. The van der Waals surface area contributed by atoms with Crippen LogP contribution >= 0.6 is 11.6 Å². The molecule has 1 aliphatic rings. The number of nitrogens with zero attached hydrogens (tertiary/aromatic N) is 1. The zero-order valence-electron chi connectivity index (χ0n) is 15.5. The van der Waals surface area contributed by atoms with Crippen LogP contribution in [0.3, 0.4) is 0 Å². The Morgan fingerprint density at radius 3 is 2.48 bits per heavy atom. The predicted molar refractivity (Wildman–Crippen MR) is 107 cm³/mol. The first-order chi connectivity index (χ1) is 12.9. The Bertz CT molecular complexity index is 958. The second-order valence-corrected chi connectivity index (χ2v) is 6.71. The van der Waals surface area contributed by atoms with Crippen molar-refractivity contribution in [2.75, 3.05) is 11.5 Å². The molecule has 2 aromatic rings. The van der Waals surface area contributed by atoms with Gasteiger partial charge in [-0.15, -0.1) is 0 Å². The van der Waals surface area contributed by atoms with Crippen LogP contribution in [0.2, 0.25) is 5.02 Å². The highest BCUT2D eigenvalue weighted by molar-refractivity contribution is 6.30. The molecule has 2 aromatic carbocycles. The first kappa shape index (κ1) is 18.9. The van der Waals surface area contributed by atoms with Crippen molar-refractivity contribution < 1.29 is 14.3 Å². The predicted octanol–water partition coefficient (Wildman–Crippen LogP) is 4.92. The van der Waals surface area contributed by atoms with E-state index >= 15 is 0 Å². The van der Waals surface area contributed by atoms with Crippen molar-refractivity contribution in [2.45, 2.75) is 20.8 Å². The van der Waals surface area contributed by atoms with Crippen LogP contribution < -0.4 is 4.90 Å². The first-order valence-corrected chi connectivity index (χ1v) is 9.07. The van der Waals surface area contributed by atoms with E-state index in [2.05, 4.69) is 0 Å². The number of amides is 1. The number of allylic oxidation sites excluding steroid dienone is 1. The molecule has 0 radical (unpaired) electrons. The highest BCUT2D eigenvalue weighted by Gasteiger charge is 2.38. The highest BCUT2D eigenvalue weighted by Crippen LogP contribution is 2.35. The van der Waals surface area contributed by atoms with Gasteiger partial charge in [-0.3, -0.25) is 9.69 Å². The molecule has 0 aromatic heterocycles. The van der Waals surface area contributed by atoms with Gasteiger partial charge in [0.15, 0.2) is 0 Å². The summed E-state index contributed by atoms with van der Waals surface area (Å²) in [6.07, 6.45) is 1.68. The third kappa shape index (κ3) is 3.81. The minimum atomic E-state index is -0.508. The summed E-state index contributed by atoms with van der Waals surface area (Å²) < 4.78 is 5.20. The van der Waals surface area contributed by atoms with Gasteiger partial charge in [0, 0.05) is 16.4 Å². The van der Waals surface area contributed by atoms with Gasteiger partial charge in [0.1, 0.15) is 0 Å². The Labute approximate surface area is 163 Å². The minimum Gasteiger partial charge on any atom is -0.462 e. The van der Waals surface area contributed by atoms with E-state index in [0.717, 1.165) is 11.1 Å². The average molecular weight is 382 g/mol. The molecule has 4 nitrogen and oxygen atoms in total. The first-order valence-electron chi connectivity index (χ1n) is 8.69. The number of carbonyl (C=O) groups is 2. The fourth-order valence-corrected chi connectivity index (χ4v) is 3.25. The Morgan fingerprint density at radius 1 is 1.15 bits per heavy atom. The van der Waals surface area contributed by atoms with Crippen LogP contribution in [-0.2, 0) is 14.3 Å². The Kier molecular flexibility index (Phi) is 5.47. The smallest absolute Gasteiger partial charge is 0.340 e. The zero-order chi connectivity index (χ0) is 19.6. The van der Waals surface area contributed by atoms with Crippen LogP contribution in [0.1, 0.15) is 25.0 Å². The maximum Gasteiger partial charge on any atom is 0.340 e. The van der Waals surface area contributed by atoms with E-state index in [1.807, 2.05) is 37.3 Å². The van der Waals surface area contributed by atoms with Crippen LogP contribution in [0, 0.1) is 6.92 Å². The topological polar surface area (TPSA) is 46.6 Å². The molecule has 1 heterocycles. The van der Waals surface area contributed by atoms with Crippen molar-refractivity contribution in [1.29, 1.82) is 0 Å². The van der Waals surface area contributed by atoms with Gasteiger partial charge in [-0.1, -0.05) is 41.4 Å². The second kappa shape index (κ2) is 7.80. The third-order valence-corrected chi connectivity index (χ3v) is 4.57. The lowest BCUT2D eigenvalue weighted by Crippen LogP contribution is -2.24. The maximum atomic E-state index is 13.2. The quantitative estimate of drug-likeness (QED) is 0.558. The molecule has 0 bridgehead atoms. The molecule has 0 atom stereocenters. The molecule has 0 unspecified atom stereocenters. The lowest BCUT2D eigenvalue weighted by Gasteiger charge is -2.18. The van der Waals surface area contributed by atoms with Crippen molar-refractivity contribution in [3.63, 3.8) is 0 Å². The summed E-state index contributed by atoms with van der Waals surface area (Å²) in [5.74, 6) is -0.773. The van der Waals surface area contributed by atoms with Crippen molar-refractivity contribution in [3.8, 4) is 0 Å². The van der Waals surface area contributed by atoms with E-state index in [4.69, 9.17) is 16.3 Å². The number of esters is 1. The Balaban J connectivity index is 2.12. The number of benzene rings is 2. The van der Waals surface area contributed by atoms with E-state index < -0.39 is 5.97 Å². The average Bonchev–Trinajstić information content (AvgIpc) is 2.86. The molecule has 3 rings (SSSR count). The van der Waals surface area contributed by atoms with Gasteiger partial charge in [-0.25, -0.2) is 4.79 Å². The fourth-order valence-electron chi connectivity index (χ4n) is 3.05. The van der Waals surface area contributed by atoms with Crippen LogP contribution in [0.4, 0.5) is 5.69 Å². The number of hydrogen-bond donors (Lipinski definition) is 0. The molecular weight excluding hydrogens is 362 g/mol. The zero-order valence-corrected chi connectivity index (χ0v) is 16.2. The van der Waals surface area contributed by atoms with E-state index in [-0.39, 0.29) is 18.1 Å². The van der Waals surface area contributed by atoms with Crippen LogP contribution in [0.25, 0.3) is 6.08 Å². The maximum absolute atomic E-state index is 13.2. The summed E-state index contributed by atoms with van der Waals surface area (Å²) >= 11 is 6.06. The number of halogens is 1. The summed E-state index contributed by atoms with van der Waals surface area (Å²) in [7, 11) is 0. The largest absolute Gasteiger partial charge is 0.462 e. The van der Waals surface area contributed by atoms with Crippen LogP contribution in [0.5, 0.6) is 0 Å². The molecule has 0 aliphatic carbocycles. The van der Waals surface area contributed by atoms with Gasteiger partial charge in [-0.05, 0) is 56.7 Å². The molecule has 0 spiro atoms. The normalized spacial score (nSPS) is 15.6. The van der Waals surface area contributed by atoms with E-state index in [9.17, 15) is 9.59 Å². The number of carbonyl (C=O) groups excluding carboxylic acids is 2. The summed E-state index contributed by atoms with van der Waals surface area (Å²) in [6, 6.07) is 14.7. The van der Waals surface area contributed by atoms with E-state index in [1.165, 1.54) is 0 Å². The van der Waals surface area contributed by atoms with Crippen LogP contribution in [-0.4, -0.2) is 18.5 Å². The molecule has 0 saturated carbocycles. The molecule has 0 N–H and O–H groups in total. The molecule has 1 aliphatic heterocycles. The van der Waals surface area contributed by atoms with Crippen molar-refractivity contribution in [2.24, 2.45) is 0 Å². The van der Waals surface area contributed by atoms with E-state index in [1.54, 1.807) is 43.0 Å². The van der Waals surface area contributed by atoms with Gasteiger partial charge in [0.2, 0.25) is 0 Å². The summed E-state index contributed by atoms with van der Waals surface area (Å²) in [5.41, 5.74) is 3.67. The number of hydrogen-bond acceptors (Lipinski definition) is 3. The van der Waals surface area contributed by atoms with Gasteiger partial charge < -0.3 is 4.74 Å². The van der Waals surface area contributed by atoms with Gasteiger partial charge in [-0.2, -0.15) is 0 Å². The lowest BCUT2D eigenvalue weighted by atomic mass is 10.0. The molecule has 0 fully saturated rings. The SMILES string of the molecule is CCOC(=O)C1=C(C)N(c2ccc(C)cc2)C(=O)/C1=C\c1cccc(Cl)c1. The second-order valence-electron chi connectivity index (χ2n) is 6.27. The molecule has 5 heteroatoms. The van der Waals surface area contributed by atoms with Gasteiger partial charge in [0.25, 0.3) is 5.91 Å². The fraction of sp³-hybridized carbons (Fsp3) is 0.182. The molecule has 138 valence electrons. The summed E-state index contributed by atoms with van der Waals surface area (Å²) in [6.45, 7) is 5.71. The minimum absolute atomic E-state index is 0.235. The van der Waals surface area contributed by atoms with Crippen molar-refractivity contribution in [1.82, 2.24) is 0 Å².